The summed E-state index contributed by atoms with van der Waals surface area (Å²) in [7, 11) is 0. The normalized spacial score (nSPS) is 11.2. The fourth-order valence-corrected chi connectivity index (χ4v) is 2.49. The van der Waals surface area contributed by atoms with Crippen LogP contribution in [0.25, 0.3) is 10.9 Å². The zero-order valence-electron chi connectivity index (χ0n) is 14.4. The van der Waals surface area contributed by atoms with E-state index in [9.17, 15) is 14.7 Å². The van der Waals surface area contributed by atoms with Crippen molar-refractivity contribution in [2.24, 2.45) is 0 Å². The van der Waals surface area contributed by atoms with E-state index in [-0.39, 0.29) is 11.7 Å². The average Bonchev–Trinajstić information content (AvgIpc) is 2.64. The molecule has 0 aliphatic carbocycles. The monoisotopic (exact) mass is 350 g/mol. The van der Waals surface area contributed by atoms with E-state index in [0.29, 0.717) is 27.9 Å². The first-order valence-corrected chi connectivity index (χ1v) is 8.03. The Labute approximate surface area is 150 Å². The van der Waals surface area contributed by atoms with Crippen molar-refractivity contribution in [1.82, 2.24) is 4.98 Å². The molecule has 0 aliphatic heterocycles. The summed E-state index contributed by atoms with van der Waals surface area (Å²) in [5.41, 5.74) is 0.315. The number of amides is 1. The SMILES string of the molecule is CC(C)(Oc1ccc(C=O)cc1)C(=O)Nc1ccc(O)c2ncccc12. The Morgan fingerprint density at radius 2 is 1.88 bits per heavy atom. The van der Waals surface area contributed by atoms with E-state index < -0.39 is 5.60 Å². The molecule has 6 nitrogen and oxygen atoms in total. The largest absolute Gasteiger partial charge is 0.506 e. The maximum absolute atomic E-state index is 12.7. The number of phenols is 1. The lowest BCUT2D eigenvalue weighted by molar-refractivity contribution is -0.128. The number of ether oxygens (including phenoxy) is 1. The fourth-order valence-electron chi connectivity index (χ4n) is 2.49. The number of aromatic nitrogens is 1. The molecular formula is C20H18N2O4. The van der Waals surface area contributed by atoms with Crippen molar-refractivity contribution in [3.8, 4) is 11.5 Å². The van der Waals surface area contributed by atoms with Gasteiger partial charge in [0.1, 0.15) is 23.3 Å². The highest BCUT2D eigenvalue weighted by Gasteiger charge is 2.30. The summed E-state index contributed by atoms with van der Waals surface area (Å²) >= 11 is 0. The minimum Gasteiger partial charge on any atom is -0.506 e. The summed E-state index contributed by atoms with van der Waals surface area (Å²) in [5.74, 6) is 0.171. The van der Waals surface area contributed by atoms with Crippen LogP contribution in [0.2, 0.25) is 0 Å². The van der Waals surface area contributed by atoms with Crippen molar-refractivity contribution in [3.63, 3.8) is 0 Å². The van der Waals surface area contributed by atoms with Gasteiger partial charge in [0.2, 0.25) is 0 Å². The van der Waals surface area contributed by atoms with E-state index in [4.69, 9.17) is 4.74 Å². The van der Waals surface area contributed by atoms with Gasteiger partial charge in [0, 0.05) is 17.1 Å². The molecule has 6 heteroatoms. The summed E-state index contributed by atoms with van der Waals surface area (Å²) < 4.78 is 5.78. The molecule has 0 bridgehead atoms. The second-order valence-electron chi connectivity index (χ2n) is 6.29. The minimum absolute atomic E-state index is 0.0457. The summed E-state index contributed by atoms with van der Waals surface area (Å²) in [6, 6.07) is 13.1. The van der Waals surface area contributed by atoms with Crippen LogP contribution >= 0.6 is 0 Å². The molecule has 0 unspecified atom stereocenters. The van der Waals surface area contributed by atoms with Crippen LogP contribution in [0, 0.1) is 0 Å². The number of fused-ring (bicyclic) bond motifs is 1. The van der Waals surface area contributed by atoms with Gasteiger partial charge in [0.15, 0.2) is 5.60 Å². The highest BCUT2D eigenvalue weighted by molar-refractivity contribution is 6.05. The van der Waals surface area contributed by atoms with Crippen LogP contribution in [0.1, 0.15) is 24.2 Å². The molecule has 3 rings (SSSR count). The zero-order chi connectivity index (χ0) is 18.7. The Kier molecular flexibility index (Phi) is 4.58. The molecule has 1 amide bonds. The van der Waals surface area contributed by atoms with E-state index in [1.807, 2.05) is 0 Å². The second kappa shape index (κ2) is 6.84. The van der Waals surface area contributed by atoms with Gasteiger partial charge < -0.3 is 15.2 Å². The lowest BCUT2D eigenvalue weighted by atomic mass is 10.1. The molecular weight excluding hydrogens is 332 g/mol. The molecule has 0 atom stereocenters. The van der Waals surface area contributed by atoms with Crippen LogP contribution in [0.4, 0.5) is 5.69 Å². The number of hydrogen-bond acceptors (Lipinski definition) is 5. The van der Waals surface area contributed by atoms with Gasteiger partial charge in [-0.1, -0.05) is 0 Å². The van der Waals surface area contributed by atoms with Gasteiger partial charge in [-0.3, -0.25) is 14.6 Å². The van der Waals surface area contributed by atoms with E-state index in [2.05, 4.69) is 10.3 Å². The Morgan fingerprint density at radius 1 is 1.15 bits per heavy atom. The molecule has 2 N–H and O–H groups in total. The number of carbonyl (C=O) groups is 2. The third kappa shape index (κ3) is 3.49. The molecule has 1 heterocycles. The smallest absolute Gasteiger partial charge is 0.267 e. The predicted molar refractivity (Wildman–Crippen MR) is 98.6 cm³/mol. The number of aromatic hydroxyl groups is 1. The van der Waals surface area contributed by atoms with E-state index in [1.54, 1.807) is 62.5 Å². The number of rotatable bonds is 5. The molecule has 0 saturated heterocycles. The number of nitrogens with one attached hydrogen (secondary N) is 1. The number of hydrogen-bond donors (Lipinski definition) is 2. The lowest BCUT2D eigenvalue weighted by Crippen LogP contribution is -2.42. The Hall–Kier alpha value is -3.41. The topological polar surface area (TPSA) is 88.5 Å². The summed E-state index contributed by atoms with van der Waals surface area (Å²) in [6.07, 6.45) is 2.31. The Bertz CT molecular complexity index is 965. The number of carbonyl (C=O) groups excluding carboxylic acids is 2. The second-order valence-corrected chi connectivity index (χ2v) is 6.29. The van der Waals surface area contributed by atoms with E-state index >= 15 is 0 Å². The lowest BCUT2D eigenvalue weighted by Gasteiger charge is -2.25. The highest BCUT2D eigenvalue weighted by Crippen LogP contribution is 2.30. The average molecular weight is 350 g/mol. The number of nitrogens with zero attached hydrogens (tertiary/aromatic N) is 1. The standard InChI is InChI=1S/C20H18N2O4/c1-20(2,26-14-7-5-13(12-23)6-8-14)19(25)22-16-9-10-17(24)18-15(16)4-3-11-21-18/h3-12,24H,1-2H3,(H,22,25). The number of benzene rings is 2. The Balaban J connectivity index is 1.82. The molecule has 0 aliphatic rings. The molecule has 0 fully saturated rings. The number of aldehydes is 1. The summed E-state index contributed by atoms with van der Waals surface area (Å²) in [6.45, 7) is 3.30. The van der Waals surface area contributed by atoms with E-state index in [1.165, 1.54) is 6.07 Å². The van der Waals surface area contributed by atoms with Gasteiger partial charge in [-0.2, -0.15) is 0 Å². The van der Waals surface area contributed by atoms with Crippen molar-refractivity contribution in [2.45, 2.75) is 19.4 Å². The maximum Gasteiger partial charge on any atom is 0.267 e. The van der Waals surface area contributed by atoms with Crippen LogP contribution < -0.4 is 10.1 Å². The summed E-state index contributed by atoms with van der Waals surface area (Å²) in [5, 5.41) is 13.4. The molecule has 2 aromatic carbocycles. The molecule has 0 spiro atoms. The first-order chi connectivity index (χ1) is 12.4. The third-order valence-electron chi connectivity index (χ3n) is 3.93. The first-order valence-electron chi connectivity index (χ1n) is 8.03. The van der Waals surface area contributed by atoms with Gasteiger partial charge in [0.25, 0.3) is 5.91 Å². The van der Waals surface area contributed by atoms with E-state index in [0.717, 1.165) is 6.29 Å². The van der Waals surface area contributed by atoms with Gasteiger partial charge in [-0.05, 0) is 62.4 Å². The molecule has 26 heavy (non-hydrogen) atoms. The van der Waals surface area contributed by atoms with Gasteiger partial charge in [0.05, 0.1) is 5.69 Å². The first kappa shape index (κ1) is 17.4. The fraction of sp³-hybridized carbons (Fsp3) is 0.150. The number of anilines is 1. The highest BCUT2D eigenvalue weighted by atomic mass is 16.5. The molecule has 132 valence electrons. The predicted octanol–water partition coefficient (Wildman–Crippen LogP) is 3.55. The molecule has 0 saturated carbocycles. The molecule has 0 radical (unpaired) electrons. The summed E-state index contributed by atoms with van der Waals surface area (Å²) in [4.78, 5) is 27.6. The van der Waals surface area contributed by atoms with Crippen LogP contribution in [0.5, 0.6) is 11.5 Å². The van der Waals surface area contributed by atoms with Crippen molar-refractivity contribution in [2.75, 3.05) is 5.32 Å². The Morgan fingerprint density at radius 3 is 2.58 bits per heavy atom. The number of pyridine rings is 1. The number of phenolic OH excluding ortho intramolecular Hbond substituents is 1. The quantitative estimate of drug-likeness (QED) is 0.543. The maximum atomic E-state index is 12.7. The van der Waals surface area contributed by atoms with Crippen LogP contribution in [0.15, 0.2) is 54.7 Å². The molecule has 1 aromatic heterocycles. The zero-order valence-corrected chi connectivity index (χ0v) is 14.4. The minimum atomic E-state index is -1.16. The van der Waals surface area contributed by atoms with Crippen molar-refractivity contribution >= 4 is 28.8 Å². The third-order valence-corrected chi connectivity index (χ3v) is 3.93. The van der Waals surface area contributed by atoms with Crippen LogP contribution in [-0.4, -0.2) is 27.9 Å². The van der Waals surface area contributed by atoms with Gasteiger partial charge in [-0.25, -0.2) is 0 Å². The van der Waals surface area contributed by atoms with Gasteiger partial charge in [-0.15, -0.1) is 0 Å². The van der Waals surface area contributed by atoms with Crippen LogP contribution in [-0.2, 0) is 4.79 Å². The van der Waals surface area contributed by atoms with Crippen molar-refractivity contribution in [1.29, 1.82) is 0 Å². The van der Waals surface area contributed by atoms with Crippen molar-refractivity contribution < 1.29 is 19.4 Å². The van der Waals surface area contributed by atoms with Crippen molar-refractivity contribution in [3.05, 3.63) is 60.3 Å². The van der Waals surface area contributed by atoms with Gasteiger partial charge >= 0.3 is 0 Å². The van der Waals surface area contributed by atoms with Crippen LogP contribution in [0.3, 0.4) is 0 Å². The molecule has 3 aromatic rings.